The molecule has 0 aliphatic rings. The van der Waals surface area contributed by atoms with Crippen LogP contribution in [-0.2, 0) is 4.74 Å². The van der Waals surface area contributed by atoms with Crippen LogP contribution in [0, 0.1) is 0 Å². The number of nitrogens with zero attached hydrogens (tertiary/aromatic N) is 1. The van der Waals surface area contributed by atoms with E-state index >= 15 is 0 Å². The number of hydrogen-bond donors (Lipinski definition) is 3. The smallest absolute Gasteiger partial charge is 0.251 e. The van der Waals surface area contributed by atoms with Crippen LogP contribution < -0.4 is 16.0 Å². The lowest BCUT2D eigenvalue weighted by Crippen LogP contribution is -2.42. The van der Waals surface area contributed by atoms with Gasteiger partial charge >= 0.3 is 0 Å². The maximum absolute atomic E-state index is 12.0. The fourth-order valence-electron chi connectivity index (χ4n) is 1.74. The fourth-order valence-corrected chi connectivity index (χ4v) is 1.86. The third kappa shape index (κ3) is 9.86. The van der Waals surface area contributed by atoms with Crippen LogP contribution in [0.2, 0.25) is 5.02 Å². The van der Waals surface area contributed by atoms with Crippen LogP contribution >= 0.6 is 35.6 Å². The molecule has 8 heteroatoms. The van der Waals surface area contributed by atoms with E-state index in [1.807, 2.05) is 20.8 Å². The SMILES string of the molecule is CCNC(=NCC(C)(C)OC)NCCNC(=O)c1ccc(Cl)cc1.I. The highest BCUT2D eigenvalue weighted by atomic mass is 127. The Kier molecular flexibility index (Phi) is 11.8. The van der Waals surface area contributed by atoms with Crippen LogP contribution in [0.3, 0.4) is 0 Å². The normalized spacial score (nSPS) is 11.5. The van der Waals surface area contributed by atoms with Gasteiger partial charge in [0, 0.05) is 37.3 Å². The third-order valence-corrected chi connectivity index (χ3v) is 3.58. The van der Waals surface area contributed by atoms with Crippen molar-refractivity contribution >= 4 is 47.4 Å². The molecule has 25 heavy (non-hydrogen) atoms. The lowest BCUT2D eigenvalue weighted by Gasteiger charge is -2.21. The monoisotopic (exact) mass is 482 g/mol. The Hall–Kier alpha value is -1.06. The highest BCUT2D eigenvalue weighted by Crippen LogP contribution is 2.09. The molecule has 0 atom stereocenters. The van der Waals surface area contributed by atoms with Crippen molar-refractivity contribution in [1.82, 2.24) is 16.0 Å². The van der Waals surface area contributed by atoms with Crippen LogP contribution in [0.1, 0.15) is 31.1 Å². The zero-order valence-electron chi connectivity index (χ0n) is 15.2. The topological polar surface area (TPSA) is 74.8 Å². The number of aliphatic imine (C=N–C) groups is 1. The van der Waals surface area contributed by atoms with Crippen molar-refractivity contribution in [2.75, 3.05) is 33.3 Å². The second-order valence-corrected chi connectivity index (χ2v) is 6.28. The van der Waals surface area contributed by atoms with Gasteiger partial charge in [0.1, 0.15) is 0 Å². The highest BCUT2D eigenvalue weighted by Gasteiger charge is 2.15. The molecule has 0 unspecified atom stereocenters. The number of carbonyl (C=O) groups is 1. The summed E-state index contributed by atoms with van der Waals surface area (Å²) in [5.74, 6) is 0.569. The van der Waals surface area contributed by atoms with Crippen molar-refractivity contribution < 1.29 is 9.53 Å². The summed E-state index contributed by atoms with van der Waals surface area (Å²) < 4.78 is 5.35. The molecule has 3 N–H and O–H groups in total. The lowest BCUT2D eigenvalue weighted by atomic mass is 10.1. The Morgan fingerprint density at radius 2 is 1.76 bits per heavy atom. The summed E-state index contributed by atoms with van der Waals surface area (Å²) in [4.78, 5) is 16.5. The van der Waals surface area contributed by atoms with E-state index in [0.29, 0.717) is 36.2 Å². The molecule has 0 radical (unpaired) electrons. The van der Waals surface area contributed by atoms with E-state index in [-0.39, 0.29) is 35.5 Å². The minimum Gasteiger partial charge on any atom is -0.377 e. The molecule has 0 aromatic heterocycles. The summed E-state index contributed by atoms with van der Waals surface area (Å²) in [5.41, 5.74) is 0.271. The minimum atomic E-state index is -0.314. The maximum Gasteiger partial charge on any atom is 0.251 e. The van der Waals surface area contributed by atoms with E-state index in [1.165, 1.54) is 0 Å². The molecule has 1 rings (SSSR count). The highest BCUT2D eigenvalue weighted by molar-refractivity contribution is 14.0. The predicted molar refractivity (Wildman–Crippen MR) is 114 cm³/mol. The zero-order chi connectivity index (χ0) is 18.0. The second-order valence-electron chi connectivity index (χ2n) is 5.85. The van der Waals surface area contributed by atoms with Crippen molar-refractivity contribution in [2.45, 2.75) is 26.4 Å². The van der Waals surface area contributed by atoms with Gasteiger partial charge in [-0.05, 0) is 45.0 Å². The van der Waals surface area contributed by atoms with Crippen LogP contribution in [0.4, 0.5) is 0 Å². The van der Waals surface area contributed by atoms with E-state index in [0.717, 1.165) is 6.54 Å². The Morgan fingerprint density at radius 1 is 1.16 bits per heavy atom. The van der Waals surface area contributed by atoms with Gasteiger partial charge in [0.2, 0.25) is 0 Å². The first-order valence-corrected chi connectivity index (χ1v) is 8.37. The summed E-state index contributed by atoms with van der Waals surface area (Å²) in [6.07, 6.45) is 0. The van der Waals surface area contributed by atoms with E-state index in [9.17, 15) is 4.79 Å². The van der Waals surface area contributed by atoms with Crippen LogP contribution in [0.5, 0.6) is 0 Å². The molecule has 0 saturated carbocycles. The van der Waals surface area contributed by atoms with Crippen molar-refractivity contribution in [3.05, 3.63) is 34.9 Å². The van der Waals surface area contributed by atoms with Gasteiger partial charge in [-0.1, -0.05) is 11.6 Å². The van der Waals surface area contributed by atoms with E-state index in [2.05, 4.69) is 20.9 Å². The molecule has 0 fully saturated rings. The number of amides is 1. The van der Waals surface area contributed by atoms with Crippen LogP contribution in [0.25, 0.3) is 0 Å². The number of carbonyl (C=O) groups excluding carboxylic acids is 1. The zero-order valence-corrected chi connectivity index (χ0v) is 18.3. The summed E-state index contributed by atoms with van der Waals surface area (Å²) in [6, 6.07) is 6.79. The number of guanidine groups is 1. The van der Waals surface area contributed by atoms with Gasteiger partial charge in [0.25, 0.3) is 5.91 Å². The molecule has 1 aromatic carbocycles. The van der Waals surface area contributed by atoms with Crippen molar-refractivity contribution in [1.29, 1.82) is 0 Å². The van der Waals surface area contributed by atoms with Gasteiger partial charge in [0.05, 0.1) is 12.1 Å². The molecule has 6 nitrogen and oxygen atoms in total. The molecule has 0 spiro atoms. The number of rotatable bonds is 8. The van der Waals surface area contributed by atoms with Crippen molar-refractivity contribution in [3.8, 4) is 0 Å². The van der Waals surface area contributed by atoms with Crippen molar-refractivity contribution in [2.24, 2.45) is 4.99 Å². The molecule has 0 aliphatic heterocycles. The summed E-state index contributed by atoms with van der Waals surface area (Å²) in [6.45, 7) is 8.31. The van der Waals surface area contributed by atoms with Crippen molar-refractivity contribution in [3.63, 3.8) is 0 Å². The number of hydrogen-bond acceptors (Lipinski definition) is 3. The standard InChI is InChI=1S/C17H27ClN4O2.HI/c1-5-19-16(22-12-17(2,3)24-4)21-11-10-20-15(23)13-6-8-14(18)9-7-13;/h6-9H,5,10-12H2,1-4H3,(H,20,23)(H2,19,21,22);1H. The summed E-state index contributed by atoms with van der Waals surface area (Å²) >= 11 is 5.81. The fraction of sp³-hybridized carbons (Fsp3) is 0.529. The average molecular weight is 483 g/mol. The summed E-state index contributed by atoms with van der Waals surface area (Å²) in [7, 11) is 1.67. The quantitative estimate of drug-likeness (QED) is 0.230. The number of nitrogens with one attached hydrogen (secondary N) is 3. The molecule has 142 valence electrons. The lowest BCUT2D eigenvalue weighted by molar-refractivity contribution is 0.0310. The van der Waals surface area contributed by atoms with Gasteiger partial charge in [-0.2, -0.15) is 0 Å². The molecule has 0 aliphatic carbocycles. The second kappa shape index (κ2) is 12.3. The molecule has 0 bridgehead atoms. The van der Waals surface area contributed by atoms with E-state index in [4.69, 9.17) is 16.3 Å². The number of halogens is 2. The summed E-state index contributed by atoms with van der Waals surface area (Å²) in [5, 5.41) is 9.80. The van der Waals surface area contributed by atoms with E-state index in [1.54, 1.807) is 31.4 Å². The number of methoxy groups -OCH3 is 1. The maximum atomic E-state index is 12.0. The number of ether oxygens (including phenoxy) is 1. The average Bonchev–Trinajstić information content (AvgIpc) is 2.57. The van der Waals surface area contributed by atoms with Gasteiger partial charge in [-0.15, -0.1) is 24.0 Å². The molecule has 0 heterocycles. The van der Waals surface area contributed by atoms with E-state index < -0.39 is 0 Å². The largest absolute Gasteiger partial charge is 0.377 e. The Morgan fingerprint density at radius 3 is 2.32 bits per heavy atom. The molecule has 1 aromatic rings. The van der Waals surface area contributed by atoms with Gasteiger partial charge < -0.3 is 20.7 Å². The predicted octanol–water partition coefficient (Wildman–Crippen LogP) is 2.67. The molecular formula is C17H28ClIN4O2. The van der Waals surface area contributed by atoms with Crippen LogP contribution in [0.15, 0.2) is 29.3 Å². The third-order valence-electron chi connectivity index (χ3n) is 3.32. The number of benzene rings is 1. The van der Waals surface area contributed by atoms with Gasteiger partial charge in [-0.25, -0.2) is 0 Å². The van der Waals surface area contributed by atoms with Gasteiger partial charge in [-0.3, -0.25) is 9.79 Å². The van der Waals surface area contributed by atoms with Crippen LogP contribution in [-0.4, -0.2) is 50.8 Å². The first-order chi connectivity index (χ1) is 11.4. The molecule has 1 amide bonds. The first kappa shape index (κ1) is 23.9. The Labute approximate surface area is 172 Å². The Balaban J connectivity index is 0.00000576. The molecule has 0 saturated heterocycles. The first-order valence-electron chi connectivity index (χ1n) is 7.99. The van der Waals surface area contributed by atoms with Gasteiger partial charge in [0.15, 0.2) is 5.96 Å². The minimum absolute atomic E-state index is 0. The molecular weight excluding hydrogens is 455 g/mol. The Bertz CT molecular complexity index is 550.